The largest absolute Gasteiger partial charge is 0.488 e. The number of rotatable bonds is 8. The van der Waals surface area contributed by atoms with Gasteiger partial charge in [-0.2, -0.15) is 0 Å². The molecule has 0 bridgehead atoms. The number of aliphatic hydroxyl groups excluding tert-OH is 1. The number of carbonyl (C=O) groups excluding carboxylic acids is 2. The van der Waals surface area contributed by atoms with Gasteiger partial charge in [-0.15, -0.1) is 0 Å². The molecule has 0 aliphatic carbocycles. The van der Waals surface area contributed by atoms with Gasteiger partial charge in [0.25, 0.3) is 0 Å². The van der Waals surface area contributed by atoms with Gasteiger partial charge in [0.05, 0.1) is 32.3 Å². The van der Waals surface area contributed by atoms with Crippen LogP contribution in [0.15, 0.2) is 18.2 Å². The van der Waals surface area contributed by atoms with Crippen LogP contribution < -0.4 is 15.4 Å². The highest BCUT2D eigenvalue weighted by molar-refractivity contribution is 5.91. The number of hydrogen-bond acceptors (Lipinski definition) is 7. The summed E-state index contributed by atoms with van der Waals surface area (Å²) in [6.07, 6.45) is 0.411. The van der Waals surface area contributed by atoms with Gasteiger partial charge >= 0.3 is 0 Å². The third-order valence-corrected chi connectivity index (χ3v) is 6.36. The predicted molar refractivity (Wildman–Crippen MR) is 126 cm³/mol. The fraction of sp³-hybridized carbons (Fsp3) is 0.667. The van der Waals surface area contributed by atoms with Gasteiger partial charge in [-0.3, -0.25) is 14.5 Å². The van der Waals surface area contributed by atoms with Crippen LogP contribution in [0, 0.1) is 5.92 Å². The molecule has 3 atom stereocenters. The second-order valence-electron chi connectivity index (χ2n) is 9.02. The Morgan fingerprint density at radius 3 is 2.76 bits per heavy atom. The first kappa shape index (κ1) is 25.4. The highest BCUT2D eigenvalue weighted by Crippen LogP contribution is 2.29. The van der Waals surface area contributed by atoms with Crippen molar-refractivity contribution in [2.75, 3.05) is 64.9 Å². The summed E-state index contributed by atoms with van der Waals surface area (Å²) in [5.41, 5.74) is 1.38. The monoisotopic (exact) mass is 462 g/mol. The maximum Gasteiger partial charge on any atom is 0.227 e. The number of benzene rings is 1. The molecule has 3 N–H and O–H groups in total. The van der Waals surface area contributed by atoms with Crippen molar-refractivity contribution in [3.8, 4) is 5.75 Å². The van der Waals surface area contributed by atoms with Crippen LogP contribution in [0.5, 0.6) is 5.75 Å². The number of anilines is 1. The molecule has 3 rings (SSSR count). The lowest BCUT2D eigenvalue weighted by atomic mass is 10.0. The van der Waals surface area contributed by atoms with Crippen LogP contribution >= 0.6 is 0 Å². The number of likely N-dealkylation sites (N-methyl/N-ethyl adjacent to an activating group) is 1. The number of carbonyl (C=O) groups is 2. The minimum absolute atomic E-state index is 0.0610. The van der Waals surface area contributed by atoms with E-state index in [1.54, 1.807) is 4.90 Å². The van der Waals surface area contributed by atoms with Gasteiger partial charge in [0.1, 0.15) is 11.9 Å². The third-order valence-electron chi connectivity index (χ3n) is 6.36. The topological polar surface area (TPSA) is 103 Å². The predicted octanol–water partition coefficient (Wildman–Crippen LogP) is 0.716. The molecular weight excluding hydrogens is 424 g/mol. The van der Waals surface area contributed by atoms with Gasteiger partial charge in [-0.1, -0.05) is 6.92 Å². The minimum Gasteiger partial charge on any atom is -0.488 e. The molecule has 0 spiro atoms. The number of morpholine rings is 1. The molecule has 9 heteroatoms. The third kappa shape index (κ3) is 7.14. The van der Waals surface area contributed by atoms with E-state index in [9.17, 15) is 14.7 Å². The molecule has 1 saturated heterocycles. The molecule has 9 nitrogen and oxygen atoms in total. The zero-order chi connectivity index (χ0) is 23.8. The van der Waals surface area contributed by atoms with Gasteiger partial charge in [-0.05, 0) is 32.2 Å². The number of aliphatic hydroxyl groups is 1. The second-order valence-corrected chi connectivity index (χ2v) is 9.02. The van der Waals surface area contributed by atoms with Crippen LogP contribution in [0.4, 0.5) is 5.69 Å². The molecule has 1 aromatic carbocycles. The van der Waals surface area contributed by atoms with Crippen molar-refractivity contribution >= 4 is 17.5 Å². The van der Waals surface area contributed by atoms with E-state index in [1.807, 2.05) is 32.2 Å². The summed E-state index contributed by atoms with van der Waals surface area (Å²) in [6, 6.07) is 5.21. The van der Waals surface area contributed by atoms with Gasteiger partial charge in [0, 0.05) is 56.3 Å². The van der Waals surface area contributed by atoms with E-state index < -0.39 is 0 Å². The lowest BCUT2D eigenvalue weighted by Crippen LogP contribution is -2.47. The molecular formula is C24H38N4O5. The van der Waals surface area contributed by atoms with Gasteiger partial charge in [0.15, 0.2) is 0 Å². The lowest BCUT2D eigenvalue weighted by Gasteiger charge is -2.32. The van der Waals surface area contributed by atoms with Crippen molar-refractivity contribution in [1.29, 1.82) is 0 Å². The number of hydrogen-bond donors (Lipinski definition) is 3. The van der Waals surface area contributed by atoms with Crippen LogP contribution in [0.25, 0.3) is 0 Å². The van der Waals surface area contributed by atoms with Gasteiger partial charge < -0.3 is 30.1 Å². The molecule has 2 aliphatic rings. The standard InChI is InChI=1S/C24H38N4O5/c1-17-15-28(18(2)16-29)24(31)13-19-12-20(4-5-21(19)33-22(17)14-25-3)26-23(30)6-7-27-8-10-32-11-9-27/h4-5,12,17-18,22,25,29H,6-11,13-16H2,1-3H3,(H,26,30)/t17-,18+,22-/m1/s1. The molecule has 184 valence electrons. The smallest absolute Gasteiger partial charge is 0.227 e. The minimum atomic E-state index is -0.278. The van der Waals surface area contributed by atoms with E-state index in [2.05, 4.69) is 22.5 Å². The Hall–Kier alpha value is -2.20. The summed E-state index contributed by atoms with van der Waals surface area (Å²) in [5.74, 6) is 0.601. The molecule has 2 amide bonds. The Bertz CT molecular complexity index is 799. The zero-order valence-electron chi connectivity index (χ0n) is 20.0. The first-order valence-corrected chi connectivity index (χ1v) is 11.9. The number of ether oxygens (including phenoxy) is 2. The van der Waals surface area contributed by atoms with Crippen molar-refractivity contribution in [2.24, 2.45) is 5.92 Å². The molecule has 2 heterocycles. The quantitative estimate of drug-likeness (QED) is 0.523. The zero-order valence-corrected chi connectivity index (χ0v) is 20.0. The number of nitrogens with one attached hydrogen (secondary N) is 2. The van der Waals surface area contributed by atoms with Crippen LogP contribution in [-0.4, -0.2) is 98.5 Å². The summed E-state index contributed by atoms with van der Waals surface area (Å²) in [4.78, 5) is 29.6. The van der Waals surface area contributed by atoms with E-state index in [1.165, 1.54) is 0 Å². The number of amides is 2. The summed E-state index contributed by atoms with van der Waals surface area (Å²) in [5, 5.41) is 15.8. The van der Waals surface area contributed by atoms with E-state index >= 15 is 0 Å². The molecule has 1 fully saturated rings. The number of fused-ring (bicyclic) bond motifs is 1. The maximum atomic E-state index is 13.1. The van der Waals surface area contributed by atoms with Crippen LogP contribution in [0.1, 0.15) is 25.8 Å². The van der Waals surface area contributed by atoms with E-state index in [0.717, 1.165) is 18.7 Å². The molecule has 0 unspecified atom stereocenters. The Kier molecular flexibility index (Phi) is 9.49. The average molecular weight is 463 g/mol. The summed E-state index contributed by atoms with van der Waals surface area (Å²) < 4.78 is 11.7. The molecule has 1 aromatic rings. The van der Waals surface area contributed by atoms with Crippen molar-refractivity contribution in [3.63, 3.8) is 0 Å². The van der Waals surface area contributed by atoms with Crippen molar-refractivity contribution in [3.05, 3.63) is 23.8 Å². The Morgan fingerprint density at radius 1 is 1.30 bits per heavy atom. The van der Waals surface area contributed by atoms with Crippen molar-refractivity contribution in [2.45, 2.75) is 38.8 Å². The fourth-order valence-corrected chi connectivity index (χ4v) is 4.26. The molecule has 0 saturated carbocycles. The van der Waals surface area contributed by atoms with Crippen molar-refractivity contribution in [1.82, 2.24) is 15.1 Å². The maximum absolute atomic E-state index is 13.1. The highest BCUT2D eigenvalue weighted by atomic mass is 16.5. The van der Waals surface area contributed by atoms with E-state index in [-0.39, 0.29) is 42.9 Å². The summed E-state index contributed by atoms with van der Waals surface area (Å²) in [7, 11) is 1.87. The Balaban J connectivity index is 1.74. The summed E-state index contributed by atoms with van der Waals surface area (Å²) >= 11 is 0. The SMILES string of the molecule is CNC[C@H]1Oc2ccc(NC(=O)CCN3CCOCC3)cc2CC(=O)N([C@@H](C)CO)C[C@H]1C. The van der Waals surface area contributed by atoms with Crippen LogP contribution in [-0.2, 0) is 20.7 Å². The first-order chi connectivity index (χ1) is 15.9. The van der Waals surface area contributed by atoms with E-state index in [4.69, 9.17) is 9.47 Å². The summed E-state index contributed by atoms with van der Waals surface area (Å²) in [6.45, 7) is 8.76. The van der Waals surface area contributed by atoms with Crippen LogP contribution in [0.2, 0.25) is 0 Å². The highest BCUT2D eigenvalue weighted by Gasteiger charge is 2.30. The molecule has 0 aromatic heterocycles. The number of nitrogens with zero attached hydrogens (tertiary/aromatic N) is 2. The molecule has 0 radical (unpaired) electrons. The Labute approximate surface area is 196 Å². The molecule has 2 aliphatic heterocycles. The second kappa shape index (κ2) is 12.3. The first-order valence-electron chi connectivity index (χ1n) is 11.9. The van der Waals surface area contributed by atoms with Gasteiger partial charge in [-0.25, -0.2) is 0 Å². The molecule has 33 heavy (non-hydrogen) atoms. The average Bonchev–Trinajstić information content (AvgIpc) is 2.86. The van der Waals surface area contributed by atoms with Gasteiger partial charge in [0.2, 0.25) is 11.8 Å². The van der Waals surface area contributed by atoms with Crippen LogP contribution in [0.3, 0.4) is 0 Å². The van der Waals surface area contributed by atoms with Crippen molar-refractivity contribution < 1.29 is 24.2 Å². The normalized spacial score (nSPS) is 23.0. The lowest BCUT2D eigenvalue weighted by molar-refractivity contribution is -0.134. The Morgan fingerprint density at radius 2 is 2.06 bits per heavy atom. The van der Waals surface area contributed by atoms with E-state index in [0.29, 0.717) is 50.7 Å². The fourth-order valence-electron chi connectivity index (χ4n) is 4.26.